The predicted molar refractivity (Wildman–Crippen MR) is 140 cm³/mol. The lowest BCUT2D eigenvalue weighted by molar-refractivity contribution is -0.192. The zero-order valence-electron chi connectivity index (χ0n) is 25.2. The molecule has 220 valence electrons. The van der Waals surface area contributed by atoms with Crippen LogP contribution in [0.15, 0.2) is 30.6 Å². The number of carbonyl (C=O) groups is 3. The van der Waals surface area contributed by atoms with Crippen molar-refractivity contribution in [2.75, 3.05) is 37.4 Å². The summed E-state index contributed by atoms with van der Waals surface area (Å²) in [5, 5.41) is 24.5. The Bertz CT molecular complexity index is 1530. The minimum Gasteiger partial charge on any atom is -0.494 e. The van der Waals surface area contributed by atoms with Crippen LogP contribution in [-0.4, -0.2) is 92.3 Å². The molecule has 1 aliphatic rings. The van der Waals surface area contributed by atoms with Gasteiger partial charge in [-0.3, -0.25) is 14.4 Å². The smallest absolute Gasteiger partial charge is 0.490 e. The van der Waals surface area contributed by atoms with E-state index in [4.69, 9.17) is 18.8 Å². The quantitative estimate of drug-likeness (QED) is 0.377. The standard InChI is InChI=1S/C22H27N9O3.C2HF3O2/c1-13(2)30-9-10-31(22(30)33)17-11-16(18(27-26-17)21(32)23-3)25-15-8-6-7-14(19(15)34-5)20-24-12-29(4)28-20;3-2(4,5)1(6)7/h6-8,11-13H,9-10H2,1-5H3,(H,23,32)(H,25,26);(H,6,7)/i3D3;. The number of hydrogen-bond donors (Lipinski definition) is 3. The number of amides is 3. The molecule has 17 heteroatoms. The van der Waals surface area contributed by atoms with E-state index in [1.807, 2.05) is 19.2 Å². The number of carboxylic acids is 1. The summed E-state index contributed by atoms with van der Waals surface area (Å²) in [4.78, 5) is 42.0. The number of aromatic nitrogens is 5. The molecule has 1 aromatic carbocycles. The van der Waals surface area contributed by atoms with Gasteiger partial charge in [-0.1, -0.05) is 6.07 Å². The highest BCUT2D eigenvalue weighted by Gasteiger charge is 2.38. The lowest BCUT2D eigenvalue weighted by Gasteiger charge is -2.21. The number of aryl methyl sites for hydroxylation is 1. The van der Waals surface area contributed by atoms with Gasteiger partial charge >= 0.3 is 18.2 Å². The van der Waals surface area contributed by atoms with Gasteiger partial charge in [0.15, 0.2) is 23.1 Å². The Morgan fingerprint density at radius 3 is 2.44 bits per heavy atom. The molecule has 3 N–H and O–H groups in total. The molecule has 0 saturated carbocycles. The van der Waals surface area contributed by atoms with E-state index in [0.717, 1.165) is 0 Å². The second kappa shape index (κ2) is 12.5. The van der Waals surface area contributed by atoms with Crippen LogP contribution in [0, 0.1) is 0 Å². The summed E-state index contributed by atoms with van der Waals surface area (Å²) in [5.41, 5.74) is 0.889. The van der Waals surface area contributed by atoms with E-state index in [1.165, 1.54) is 18.1 Å². The Morgan fingerprint density at radius 1 is 1.20 bits per heavy atom. The minimum absolute atomic E-state index is 0.000373. The average Bonchev–Trinajstić information content (AvgIpc) is 3.52. The molecule has 1 aliphatic heterocycles. The summed E-state index contributed by atoms with van der Waals surface area (Å²) in [6.45, 7) is 1.99. The number of alkyl halides is 3. The van der Waals surface area contributed by atoms with Crippen molar-refractivity contribution in [2.45, 2.75) is 26.1 Å². The number of hydrogen-bond acceptors (Lipinski definition) is 9. The van der Waals surface area contributed by atoms with Crippen LogP contribution >= 0.6 is 0 Å². The monoisotopic (exact) mass is 582 g/mol. The van der Waals surface area contributed by atoms with Crippen LogP contribution in [0.3, 0.4) is 0 Å². The van der Waals surface area contributed by atoms with Crippen molar-refractivity contribution in [3.63, 3.8) is 0 Å². The van der Waals surface area contributed by atoms with Gasteiger partial charge in [0.2, 0.25) is 0 Å². The van der Waals surface area contributed by atoms with E-state index >= 15 is 0 Å². The fourth-order valence-electron chi connectivity index (χ4n) is 3.72. The molecule has 0 bridgehead atoms. The zero-order chi connectivity index (χ0) is 33.0. The Balaban J connectivity index is 0.000000676. The second-order valence-corrected chi connectivity index (χ2v) is 8.70. The molecule has 0 spiro atoms. The topological polar surface area (TPSA) is 168 Å². The van der Waals surface area contributed by atoms with Gasteiger partial charge in [0.1, 0.15) is 6.33 Å². The number of rotatable bonds is 7. The summed E-state index contributed by atoms with van der Waals surface area (Å²) in [7, 11) is 3.22. The van der Waals surface area contributed by atoms with Crippen molar-refractivity contribution >= 4 is 35.1 Å². The van der Waals surface area contributed by atoms with E-state index in [0.29, 0.717) is 35.9 Å². The summed E-state index contributed by atoms with van der Waals surface area (Å²) in [5.74, 6) is -2.69. The Morgan fingerprint density at radius 2 is 1.90 bits per heavy atom. The van der Waals surface area contributed by atoms with Crippen molar-refractivity contribution in [3.05, 3.63) is 36.3 Å². The predicted octanol–water partition coefficient (Wildman–Crippen LogP) is 2.67. The van der Waals surface area contributed by atoms with Gasteiger partial charge in [-0.05, 0) is 26.0 Å². The molecule has 4 rings (SSSR count). The highest BCUT2D eigenvalue weighted by molar-refractivity contribution is 6.00. The maximum Gasteiger partial charge on any atom is 0.490 e. The number of carboxylic acid groups (broad SMARTS) is 1. The fourth-order valence-corrected chi connectivity index (χ4v) is 3.72. The van der Waals surface area contributed by atoms with E-state index < -0.39 is 25.0 Å². The van der Waals surface area contributed by atoms with Crippen molar-refractivity contribution in [1.29, 1.82) is 0 Å². The number of ether oxygens (including phenoxy) is 1. The minimum atomic E-state index is -5.08. The first-order valence-electron chi connectivity index (χ1n) is 13.3. The SMILES string of the molecule is O=C(O)C(F)(F)F.[2H]C([2H])([2H])NC(=O)c1nnc(N2CCN(C(C)C)C2=O)cc1Nc1cccc(-c2ncn(C)n2)c1OC. The van der Waals surface area contributed by atoms with Crippen LogP contribution in [0.1, 0.15) is 28.4 Å². The van der Waals surface area contributed by atoms with E-state index in [2.05, 4.69) is 25.6 Å². The number of carbonyl (C=O) groups excluding carboxylic acids is 2. The molecule has 3 aromatic rings. The van der Waals surface area contributed by atoms with Gasteiger partial charge < -0.3 is 25.4 Å². The molecular formula is C24H28F3N9O5. The molecule has 1 fully saturated rings. The third kappa shape index (κ3) is 6.98. The van der Waals surface area contributed by atoms with Gasteiger partial charge in [-0.25, -0.2) is 14.6 Å². The largest absolute Gasteiger partial charge is 0.494 e. The summed E-state index contributed by atoms with van der Waals surface area (Å²) in [6.07, 6.45) is -3.53. The molecule has 2 aromatic heterocycles. The van der Waals surface area contributed by atoms with Gasteiger partial charge in [0.05, 0.1) is 24.0 Å². The Kier molecular flexibility index (Phi) is 8.00. The molecule has 41 heavy (non-hydrogen) atoms. The molecule has 0 atom stereocenters. The number of benzene rings is 1. The van der Waals surface area contributed by atoms with E-state index in [1.54, 1.807) is 41.2 Å². The summed E-state index contributed by atoms with van der Waals surface area (Å²) >= 11 is 0. The summed E-state index contributed by atoms with van der Waals surface area (Å²) < 4.78 is 61.1. The number of anilines is 3. The molecule has 0 unspecified atom stereocenters. The van der Waals surface area contributed by atoms with Crippen LogP contribution < -0.4 is 20.3 Å². The molecule has 1 saturated heterocycles. The van der Waals surface area contributed by atoms with E-state index in [9.17, 15) is 22.8 Å². The normalized spacial score (nSPS) is 14.5. The maximum absolute atomic E-state index is 12.9. The number of nitrogens with one attached hydrogen (secondary N) is 2. The molecular weight excluding hydrogens is 551 g/mol. The number of halogens is 3. The highest BCUT2D eigenvalue weighted by Crippen LogP contribution is 2.37. The van der Waals surface area contributed by atoms with Crippen molar-refractivity contribution in [2.24, 2.45) is 7.05 Å². The van der Waals surface area contributed by atoms with Crippen LogP contribution in [0.5, 0.6) is 5.75 Å². The molecule has 14 nitrogen and oxygen atoms in total. The number of aliphatic carboxylic acids is 1. The molecule has 3 heterocycles. The van der Waals surface area contributed by atoms with Crippen LogP contribution in [0.2, 0.25) is 0 Å². The van der Waals surface area contributed by atoms with Gasteiger partial charge in [-0.15, -0.1) is 10.2 Å². The third-order valence-electron chi connectivity index (χ3n) is 5.62. The van der Waals surface area contributed by atoms with Crippen molar-refractivity contribution in [1.82, 2.24) is 35.2 Å². The zero-order valence-corrected chi connectivity index (χ0v) is 22.2. The van der Waals surface area contributed by atoms with Gasteiger partial charge in [-0.2, -0.15) is 18.3 Å². The Hall–Kier alpha value is -4.96. The van der Waals surface area contributed by atoms with Crippen molar-refractivity contribution < 1.29 is 41.5 Å². The highest BCUT2D eigenvalue weighted by atomic mass is 19.4. The van der Waals surface area contributed by atoms with Crippen LogP contribution in [0.25, 0.3) is 11.4 Å². The molecule has 3 amide bonds. The molecule has 0 radical (unpaired) electrons. The first kappa shape index (κ1) is 26.3. The Labute approximate surface area is 236 Å². The van der Waals surface area contributed by atoms with Gasteiger partial charge in [0.25, 0.3) is 5.91 Å². The first-order valence-corrected chi connectivity index (χ1v) is 11.8. The average molecular weight is 583 g/mol. The molecule has 0 aliphatic carbocycles. The second-order valence-electron chi connectivity index (χ2n) is 8.70. The van der Waals surface area contributed by atoms with Crippen LogP contribution in [0.4, 0.5) is 35.2 Å². The maximum atomic E-state index is 12.9. The van der Waals surface area contributed by atoms with Gasteiger partial charge in [0, 0.05) is 43.3 Å². The first-order chi connectivity index (χ1) is 20.4. The van der Waals surface area contributed by atoms with E-state index in [-0.39, 0.29) is 29.3 Å². The third-order valence-corrected chi connectivity index (χ3v) is 5.62. The summed E-state index contributed by atoms with van der Waals surface area (Å²) in [6, 6.07) is 6.47. The number of methoxy groups -OCH3 is 1. The van der Waals surface area contributed by atoms with Crippen LogP contribution in [-0.2, 0) is 11.8 Å². The fraction of sp³-hybridized carbons (Fsp3) is 0.375. The number of urea groups is 1. The number of nitrogens with zero attached hydrogens (tertiary/aromatic N) is 7. The number of para-hydroxylation sites is 1. The lowest BCUT2D eigenvalue weighted by atomic mass is 10.1. The lowest BCUT2D eigenvalue weighted by Crippen LogP contribution is -2.36. The van der Waals surface area contributed by atoms with Crippen molar-refractivity contribution in [3.8, 4) is 17.1 Å².